The van der Waals surface area contributed by atoms with E-state index in [1.807, 2.05) is 66.7 Å². The molecule has 1 aliphatic heterocycles. The Morgan fingerprint density at radius 2 is 1.54 bits per heavy atom. The van der Waals surface area contributed by atoms with Gasteiger partial charge in [0.1, 0.15) is 24.8 Å². The Morgan fingerprint density at radius 3 is 2.17 bits per heavy atom. The molecule has 1 heterocycles. The number of nitrogens with zero attached hydrogens (tertiary/aromatic N) is 1. The number of fused-ring (bicyclic) bond motifs is 3. The maximum Gasteiger partial charge on any atom is 0.407 e. The Balaban J connectivity index is 1.29. The first-order valence-corrected chi connectivity index (χ1v) is 13.6. The first-order valence-electron chi connectivity index (χ1n) is 13.6. The molecule has 1 aliphatic carbocycles. The highest BCUT2D eigenvalue weighted by molar-refractivity contribution is 5.94. The zero-order valence-corrected chi connectivity index (χ0v) is 22.7. The Bertz CT molecular complexity index is 1410. The standard InChI is InChI=1S/C32H32N2O7/c1-32(30(37)38)16-9-17-34(32)29(36)27(18-28(35)40-19-21-10-3-2-4-11-21)33-31(39)41-20-26-24-14-7-5-12-22(24)23-13-6-8-15-25(23)26/h2-8,10-15,26-27H,9,16-20H2,1H3,(H,33,39)(H,37,38)/t27-,32+/m0/s1. The molecule has 3 aromatic rings. The summed E-state index contributed by atoms with van der Waals surface area (Å²) in [5, 5.41) is 12.3. The highest BCUT2D eigenvalue weighted by atomic mass is 16.5. The van der Waals surface area contributed by atoms with Crippen molar-refractivity contribution in [3.63, 3.8) is 0 Å². The number of carboxylic acids is 1. The number of benzene rings is 3. The number of esters is 1. The third-order valence-electron chi connectivity index (χ3n) is 7.92. The smallest absolute Gasteiger partial charge is 0.407 e. The second kappa shape index (κ2) is 11.8. The van der Waals surface area contributed by atoms with Gasteiger partial charge >= 0.3 is 18.0 Å². The van der Waals surface area contributed by atoms with Crippen molar-refractivity contribution < 1.29 is 33.8 Å². The molecule has 1 saturated heterocycles. The summed E-state index contributed by atoms with van der Waals surface area (Å²) in [5.41, 5.74) is 3.56. The number of aliphatic carboxylic acids is 1. The fourth-order valence-corrected chi connectivity index (χ4v) is 5.67. The third kappa shape index (κ3) is 5.79. The average Bonchev–Trinajstić information content (AvgIpc) is 3.53. The lowest BCUT2D eigenvalue weighted by atomic mass is 9.98. The van der Waals surface area contributed by atoms with Crippen LogP contribution in [0.4, 0.5) is 4.79 Å². The topological polar surface area (TPSA) is 122 Å². The van der Waals surface area contributed by atoms with Crippen molar-refractivity contribution in [2.24, 2.45) is 0 Å². The van der Waals surface area contributed by atoms with E-state index in [1.54, 1.807) is 12.1 Å². The van der Waals surface area contributed by atoms with Crippen molar-refractivity contribution >= 4 is 23.9 Å². The zero-order chi connectivity index (χ0) is 29.0. The van der Waals surface area contributed by atoms with Crippen molar-refractivity contribution in [2.75, 3.05) is 13.2 Å². The van der Waals surface area contributed by atoms with Crippen molar-refractivity contribution in [1.82, 2.24) is 10.2 Å². The van der Waals surface area contributed by atoms with Gasteiger partial charge in [-0.3, -0.25) is 9.59 Å². The van der Waals surface area contributed by atoms with Gasteiger partial charge < -0.3 is 24.8 Å². The van der Waals surface area contributed by atoms with E-state index in [2.05, 4.69) is 5.32 Å². The molecule has 0 aromatic heterocycles. The second-order valence-corrected chi connectivity index (χ2v) is 10.5. The van der Waals surface area contributed by atoms with Gasteiger partial charge in [0, 0.05) is 12.5 Å². The molecular formula is C32H32N2O7. The van der Waals surface area contributed by atoms with Gasteiger partial charge in [0.05, 0.1) is 6.42 Å². The molecule has 5 rings (SSSR count). The number of amides is 2. The minimum absolute atomic E-state index is 0.00207. The van der Waals surface area contributed by atoms with Crippen molar-refractivity contribution in [1.29, 1.82) is 0 Å². The van der Waals surface area contributed by atoms with E-state index in [0.29, 0.717) is 6.42 Å². The number of carbonyl (C=O) groups is 4. The highest BCUT2D eigenvalue weighted by Gasteiger charge is 2.48. The van der Waals surface area contributed by atoms with Gasteiger partial charge in [-0.2, -0.15) is 0 Å². The van der Waals surface area contributed by atoms with E-state index in [0.717, 1.165) is 27.8 Å². The number of likely N-dealkylation sites (tertiary alicyclic amines) is 1. The lowest BCUT2D eigenvalue weighted by Gasteiger charge is -2.33. The van der Waals surface area contributed by atoms with Crippen molar-refractivity contribution in [2.45, 2.75) is 50.3 Å². The second-order valence-electron chi connectivity index (χ2n) is 10.5. The Labute approximate surface area is 238 Å². The van der Waals surface area contributed by atoms with Crippen molar-refractivity contribution in [3.05, 3.63) is 95.6 Å². The fraction of sp³-hybridized carbons (Fsp3) is 0.312. The van der Waals surface area contributed by atoms with E-state index in [-0.39, 0.29) is 32.1 Å². The van der Waals surface area contributed by atoms with Crippen LogP contribution < -0.4 is 5.32 Å². The summed E-state index contributed by atoms with van der Waals surface area (Å²) in [6, 6.07) is 23.5. The van der Waals surface area contributed by atoms with Crippen molar-refractivity contribution in [3.8, 4) is 11.1 Å². The minimum atomic E-state index is -1.44. The number of hydrogen-bond acceptors (Lipinski definition) is 6. The van der Waals surface area contributed by atoms with E-state index < -0.39 is 41.9 Å². The molecule has 9 nitrogen and oxygen atoms in total. The highest BCUT2D eigenvalue weighted by Crippen LogP contribution is 2.44. The lowest BCUT2D eigenvalue weighted by molar-refractivity contribution is -0.157. The SMILES string of the molecule is C[C@]1(C(=O)O)CCCN1C(=O)[C@H](CC(=O)OCc1ccccc1)NC(=O)OCC1c2ccccc2-c2ccccc21. The summed E-state index contributed by atoms with van der Waals surface area (Å²) in [5.74, 6) is -2.71. The van der Waals surface area contributed by atoms with Crippen LogP contribution >= 0.6 is 0 Å². The number of carboxylic acid groups (broad SMARTS) is 1. The molecule has 0 unspecified atom stereocenters. The van der Waals surface area contributed by atoms with E-state index in [1.165, 1.54) is 11.8 Å². The molecule has 1 fully saturated rings. The number of alkyl carbamates (subject to hydrolysis) is 1. The quantitative estimate of drug-likeness (QED) is 0.372. The summed E-state index contributed by atoms with van der Waals surface area (Å²) in [6.45, 7) is 1.69. The summed E-state index contributed by atoms with van der Waals surface area (Å²) in [4.78, 5) is 52.6. The molecule has 2 atom stereocenters. The first kappa shape index (κ1) is 27.9. The monoisotopic (exact) mass is 556 g/mol. The largest absolute Gasteiger partial charge is 0.480 e. The molecule has 41 heavy (non-hydrogen) atoms. The molecule has 0 spiro atoms. The zero-order valence-electron chi connectivity index (χ0n) is 22.7. The van der Waals surface area contributed by atoms with Gasteiger partial charge in [-0.25, -0.2) is 9.59 Å². The molecule has 0 saturated carbocycles. The fourth-order valence-electron chi connectivity index (χ4n) is 5.67. The number of rotatable bonds is 9. The van der Waals surface area contributed by atoms with Crippen LogP contribution in [0.25, 0.3) is 11.1 Å². The first-order chi connectivity index (χ1) is 19.8. The van der Waals surface area contributed by atoms with E-state index in [4.69, 9.17) is 9.47 Å². The summed E-state index contributed by atoms with van der Waals surface area (Å²) in [7, 11) is 0. The predicted octanol–water partition coefficient (Wildman–Crippen LogP) is 4.49. The van der Waals surface area contributed by atoms with Gasteiger partial charge in [-0.05, 0) is 47.6 Å². The molecule has 2 N–H and O–H groups in total. The molecule has 0 radical (unpaired) electrons. The maximum absolute atomic E-state index is 13.6. The summed E-state index contributed by atoms with van der Waals surface area (Å²) < 4.78 is 11.0. The van der Waals surface area contributed by atoms with E-state index in [9.17, 15) is 24.3 Å². The molecule has 212 valence electrons. The number of nitrogens with one attached hydrogen (secondary N) is 1. The third-order valence-corrected chi connectivity index (χ3v) is 7.92. The molecule has 3 aromatic carbocycles. The van der Waals surface area contributed by atoms with Crippen LogP contribution in [0.15, 0.2) is 78.9 Å². The summed E-state index contributed by atoms with van der Waals surface area (Å²) >= 11 is 0. The Hall–Kier alpha value is -4.66. The van der Waals surface area contributed by atoms with Gasteiger partial charge in [0.2, 0.25) is 5.91 Å². The summed E-state index contributed by atoms with van der Waals surface area (Å²) in [6.07, 6.45) is -0.589. The van der Waals surface area contributed by atoms with Crippen LogP contribution in [0, 0.1) is 0 Å². The number of carbonyl (C=O) groups excluding carboxylic acids is 3. The Kier molecular flexibility index (Phi) is 8.05. The maximum atomic E-state index is 13.6. The van der Waals surface area contributed by atoms with Gasteiger partial charge in [-0.15, -0.1) is 0 Å². The molecule has 2 aliphatic rings. The van der Waals surface area contributed by atoms with Crippen LogP contribution in [0.2, 0.25) is 0 Å². The number of hydrogen-bond donors (Lipinski definition) is 2. The number of ether oxygens (including phenoxy) is 2. The minimum Gasteiger partial charge on any atom is -0.480 e. The molecule has 0 bridgehead atoms. The van der Waals surface area contributed by atoms with Crippen LogP contribution in [0.1, 0.15) is 48.8 Å². The average molecular weight is 557 g/mol. The normalized spacial score (nSPS) is 18.2. The van der Waals surface area contributed by atoms with Crippen LogP contribution in [0.5, 0.6) is 0 Å². The van der Waals surface area contributed by atoms with Crippen LogP contribution in [-0.2, 0) is 30.5 Å². The van der Waals surface area contributed by atoms with Crippen LogP contribution in [0.3, 0.4) is 0 Å². The van der Waals surface area contributed by atoms with E-state index >= 15 is 0 Å². The molecule has 9 heteroatoms. The molecular weight excluding hydrogens is 524 g/mol. The Morgan fingerprint density at radius 1 is 0.927 bits per heavy atom. The van der Waals surface area contributed by atoms with Gasteiger partial charge in [0.25, 0.3) is 0 Å². The van der Waals surface area contributed by atoms with Crippen LogP contribution in [-0.4, -0.2) is 58.7 Å². The predicted molar refractivity (Wildman–Crippen MR) is 150 cm³/mol. The van der Waals surface area contributed by atoms with Gasteiger partial charge in [0.15, 0.2) is 0 Å². The van der Waals surface area contributed by atoms with Gasteiger partial charge in [-0.1, -0.05) is 78.9 Å². The lowest BCUT2D eigenvalue weighted by Crippen LogP contribution is -2.57. The molecule has 2 amide bonds.